The van der Waals surface area contributed by atoms with E-state index in [1.165, 1.54) is 0 Å². The van der Waals surface area contributed by atoms with Crippen LogP contribution in [0.2, 0.25) is 0 Å². The van der Waals surface area contributed by atoms with Crippen LogP contribution in [0.15, 0.2) is 30.3 Å². The molecule has 164 valence electrons. The molecule has 1 aliphatic rings. The van der Waals surface area contributed by atoms with Crippen LogP contribution in [0.25, 0.3) is 0 Å². The summed E-state index contributed by atoms with van der Waals surface area (Å²) in [5.41, 5.74) is 0.713. The summed E-state index contributed by atoms with van der Waals surface area (Å²) in [6.45, 7) is 12.6. The molecular weight excluding hydrogens is 368 g/mol. The summed E-state index contributed by atoms with van der Waals surface area (Å²) in [5, 5.41) is 10.2. The number of aliphatic hydroxyl groups is 1. The van der Waals surface area contributed by atoms with Gasteiger partial charge in [0.25, 0.3) is 5.91 Å². The second kappa shape index (κ2) is 12.3. The van der Waals surface area contributed by atoms with Gasteiger partial charge < -0.3 is 19.5 Å². The van der Waals surface area contributed by atoms with Crippen molar-refractivity contribution in [2.24, 2.45) is 5.92 Å². The smallest absolute Gasteiger partial charge is 0.253 e. The molecule has 2 atom stereocenters. The molecule has 1 aliphatic heterocycles. The van der Waals surface area contributed by atoms with E-state index in [1.807, 2.05) is 49.1 Å². The lowest BCUT2D eigenvalue weighted by Crippen LogP contribution is -2.51. The van der Waals surface area contributed by atoms with Gasteiger partial charge in [0.15, 0.2) is 0 Å². The third kappa shape index (κ3) is 8.83. The molecule has 1 amide bonds. The summed E-state index contributed by atoms with van der Waals surface area (Å²) in [5.74, 6) is 0.582. The minimum Gasteiger partial charge on any atom is -0.389 e. The van der Waals surface area contributed by atoms with Gasteiger partial charge in [-0.3, -0.25) is 9.69 Å². The number of carbonyl (C=O) groups is 1. The Hall–Kier alpha value is -1.47. The van der Waals surface area contributed by atoms with E-state index in [1.54, 1.807) is 0 Å². The normalized spacial score (nSPS) is 18.9. The van der Waals surface area contributed by atoms with Crippen LogP contribution < -0.4 is 0 Å². The Labute approximate surface area is 175 Å². The summed E-state index contributed by atoms with van der Waals surface area (Å²) >= 11 is 0. The van der Waals surface area contributed by atoms with Crippen LogP contribution in [-0.2, 0) is 9.47 Å². The van der Waals surface area contributed by atoms with Crippen molar-refractivity contribution in [3.63, 3.8) is 0 Å². The van der Waals surface area contributed by atoms with Crippen LogP contribution in [0.4, 0.5) is 0 Å². The molecule has 2 unspecified atom stereocenters. The Kier molecular flexibility index (Phi) is 10.1. The molecule has 0 radical (unpaired) electrons. The predicted molar refractivity (Wildman–Crippen MR) is 115 cm³/mol. The summed E-state index contributed by atoms with van der Waals surface area (Å²) in [6, 6.07) is 9.44. The Morgan fingerprint density at radius 2 is 2.00 bits per heavy atom. The maximum Gasteiger partial charge on any atom is 0.253 e. The number of carbonyl (C=O) groups excluding carboxylic acids is 1. The standard InChI is InChI=1S/C23H38N2O4/c1-18(2)10-11-25(23(27)20-8-6-5-7-9-20)16-22-15-24(12-13-28-22)14-21(26)17-29-19(3)4/h5-9,18-19,21-22,26H,10-17H2,1-4H3. The van der Waals surface area contributed by atoms with Gasteiger partial charge in [0.05, 0.1) is 31.5 Å². The van der Waals surface area contributed by atoms with Crippen LogP contribution in [0.5, 0.6) is 0 Å². The quantitative estimate of drug-likeness (QED) is 0.612. The first-order chi connectivity index (χ1) is 13.8. The zero-order valence-electron chi connectivity index (χ0n) is 18.4. The highest BCUT2D eigenvalue weighted by Crippen LogP contribution is 2.13. The number of hydrogen-bond acceptors (Lipinski definition) is 5. The maximum absolute atomic E-state index is 13.0. The number of hydrogen-bond donors (Lipinski definition) is 1. The van der Waals surface area contributed by atoms with Gasteiger partial charge in [-0.25, -0.2) is 0 Å². The van der Waals surface area contributed by atoms with E-state index in [9.17, 15) is 9.90 Å². The highest BCUT2D eigenvalue weighted by atomic mass is 16.5. The topological polar surface area (TPSA) is 62.2 Å². The van der Waals surface area contributed by atoms with Crippen LogP contribution in [0, 0.1) is 5.92 Å². The lowest BCUT2D eigenvalue weighted by atomic mass is 10.1. The number of β-amino-alcohol motifs (C(OH)–C–C–N with tert-alkyl or cyclic N) is 1. The Morgan fingerprint density at radius 3 is 2.66 bits per heavy atom. The Balaban J connectivity index is 1.93. The summed E-state index contributed by atoms with van der Waals surface area (Å²) in [6.07, 6.45) is 0.502. The molecular formula is C23H38N2O4. The molecule has 2 rings (SSSR count). The van der Waals surface area contributed by atoms with Gasteiger partial charge in [-0.15, -0.1) is 0 Å². The molecule has 1 saturated heterocycles. The largest absolute Gasteiger partial charge is 0.389 e. The van der Waals surface area contributed by atoms with E-state index in [4.69, 9.17) is 9.47 Å². The van der Waals surface area contributed by atoms with Gasteiger partial charge in [0.1, 0.15) is 0 Å². The summed E-state index contributed by atoms with van der Waals surface area (Å²) in [4.78, 5) is 17.2. The van der Waals surface area contributed by atoms with Gasteiger partial charge >= 0.3 is 0 Å². The van der Waals surface area contributed by atoms with Crippen LogP contribution in [-0.4, -0.2) is 85.1 Å². The summed E-state index contributed by atoms with van der Waals surface area (Å²) in [7, 11) is 0. The first kappa shape index (κ1) is 23.8. The number of nitrogens with zero attached hydrogens (tertiary/aromatic N) is 2. The maximum atomic E-state index is 13.0. The van der Waals surface area contributed by atoms with E-state index in [0.717, 1.165) is 19.5 Å². The molecule has 6 nitrogen and oxygen atoms in total. The number of amides is 1. The molecule has 1 N–H and O–H groups in total. The predicted octanol–water partition coefficient (Wildman–Crippen LogP) is 2.66. The minimum atomic E-state index is -0.515. The third-order valence-electron chi connectivity index (χ3n) is 5.02. The second-order valence-corrected chi connectivity index (χ2v) is 8.59. The lowest BCUT2D eigenvalue weighted by Gasteiger charge is -2.36. The molecule has 1 aromatic carbocycles. The fourth-order valence-electron chi connectivity index (χ4n) is 3.41. The van der Waals surface area contributed by atoms with Gasteiger partial charge in [-0.2, -0.15) is 0 Å². The van der Waals surface area contributed by atoms with Gasteiger partial charge in [-0.05, 0) is 38.3 Å². The number of morpholine rings is 1. The van der Waals surface area contributed by atoms with Crippen LogP contribution >= 0.6 is 0 Å². The van der Waals surface area contributed by atoms with Crippen molar-refractivity contribution >= 4 is 5.91 Å². The van der Waals surface area contributed by atoms with E-state index in [2.05, 4.69) is 18.7 Å². The first-order valence-corrected chi connectivity index (χ1v) is 10.8. The molecule has 1 fully saturated rings. The van der Waals surface area contributed by atoms with Gasteiger partial charge in [-0.1, -0.05) is 32.0 Å². The van der Waals surface area contributed by atoms with Gasteiger partial charge in [0.2, 0.25) is 0 Å². The molecule has 1 aromatic rings. The van der Waals surface area contributed by atoms with E-state index in [-0.39, 0.29) is 18.1 Å². The highest BCUT2D eigenvalue weighted by Gasteiger charge is 2.26. The summed E-state index contributed by atoms with van der Waals surface area (Å²) < 4.78 is 11.5. The molecule has 0 bridgehead atoms. The van der Waals surface area contributed by atoms with Crippen molar-refractivity contribution in [2.45, 2.75) is 52.4 Å². The molecule has 0 aromatic heterocycles. The van der Waals surface area contributed by atoms with Crippen LogP contribution in [0.1, 0.15) is 44.5 Å². The fourth-order valence-corrected chi connectivity index (χ4v) is 3.41. The third-order valence-corrected chi connectivity index (χ3v) is 5.02. The minimum absolute atomic E-state index is 0.0531. The van der Waals surface area contributed by atoms with Crippen molar-refractivity contribution in [1.82, 2.24) is 9.80 Å². The second-order valence-electron chi connectivity index (χ2n) is 8.59. The zero-order chi connectivity index (χ0) is 21.2. The molecule has 6 heteroatoms. The number of aliphatic hydroxyl groups excluding tert-OH is 1. The monoisotopic (exact) mass is 406 g/mol. The SMILES string of the molecule is CC(C)CCN(CC1CN(CC(O)COC(C)C)CCO1)C(=O)c1ccccc1. The van der Waals surface area contributed by atoms with Gasteiger partial charge in [0, 0.05) is 38.3 Å². The first-order valence-electron chi connectivity index (χ1n) is 10.8. The Morgan fingerprint density at radius 1 is 1.28 bits per heavy atom. The van der Waals surface area contributed by atoms with Crippen molar-refractivity contribution in [3.05, 3.63) is 35.9 Å². The van der Waals surface area contributed by atoms with Crippen molar-refractivity contribution in [3.8, 4) is 0 Å². The molecule has 0 spiro atoms. The van der Waals surface area contributed by atoms with Crippen molar-refractivity contribution < 1.29 is 19.4 Å². The average molecular weight is 407 g/mol. The zero-order valence-corrected chi connectivity index (χ0v) is 18.4. The molecule has 0 saturated carbocycles. The molecule has 0 aliphatic carbocycles. The number of benzene rings is 1. The molecule has 29 heavy (non-hydrogen) atoms. The molecule has 1 heterocycles. The van der Waals surface area contributed by atoms with E-state index >= 15 is 0 Å². The highest BCUT2D eigenvalue weighted by molar-refractivity contribution is 5.94. The Bertz CT molecular complexity index is 594. The lowest BCUT2D eigenvalue weighted by molar-refractivity contribution is -0.0628. The van der Waals surface area contributed by atoms with E-state index < -0.39 is 6.10 Å². The van der Waals surface area contributed by atoms with Crippen LogP contribution in [0.3, 0.4) is 0 Å². The number of ether oxygens (including phenoxy) is 2. The number of rotatable bonds is 11. The van der Waals surface area contributed by atoms with E-state index in [0.29, 0.717) is 44.3 Å². The van der Waals surface area contributed by atoms with Crippen molar-refractivity contribution in [1.29, 1.82) is 0 Å². The fraction of sp³-hybridized carbons (Fsp3) is 0.696. The average Bonchev–Trinajstić information content (AvgIpc) is 2.70. The van der Waals surface area contributed by atoms with Crippen molar-refractivity contribution in [2.75, 3.05) is 45.9 Å².